The number of carbonyl (C=O) groups excluding carboxylic acids is 1. The number of aryl methyl sites for hydroxylation is 2. The number of aromatic nitrogens is 1. The van der Waals surface area contributed by atoms with Crippen molar-refractivity contribution in [3.63, 3.8) is 0 Å². The fourth-order valence-corrected chi connectivity index (χ4v) is 4.61. The molecule has 0 atom stereocenters. The van der Waals surface area contributed by atoms with Gasteiger partial charge in [0.05, 0.1) is 11.0 Å². The monoisotopic (exact) mass is 438 g/mol. The number of fused-ring (bicyclic) bond motifs is 3. The van der Waals surface area contributed by atoms with Crippen molar-refractivity contribution in [1.82, 2.24) is 4.57 Å². The van der Waals surface area contributed by atoms with E-state index < -0.39 is 5.91 Å². The minimum Gasteiger partial charge on any atom is -0.366 e. The molecule has 0 saturated carbocycles. The molecular formula is C28H23ClN2O. The van der Waals surface area contributed by atoms with Gasteiger partial charge in [-0.2, -0.15) is 0 Å². The van der Waals surface area contributed by atoms with Crippen molar-refractivity contribution in [2.45, 2.75) is 20.4 Å². The van der Waals surface area contributed by atoms with Crippen LogP contribution in [0.25, 0.3) is 32.9 Å². The Balaban J connectivity index is 1.81. The number of rotatable bonds is 4. The molecule has 5 rings (SSSR count). The lowest BCUT2D eigenvalue weighted by atomic mass is 10.0. The molecule has 0 unspecified atom stereocenters. The van der Waals surface area contributed by atoms with Gasteiger partial charge in [-0.15, -0.1) is 0 Å². The molecule has 32 heavy (non-hydrogen) atoms. The number of nitrogens with two attached hydrogens (primary N) is 1. The molecule has 0 fully saturated rings. The molecule has 4 heteroatoms. The zero-order valence-corrected chi connectivity index (χ0v) is 18.8. The van der Waals surface area contributed by atoms with Crippen LogP contribution in [0.1, 0.15) is 27.0 Å². The standard InChI is InChI=1S/C28H23ClN2O/c1-17-6-7-18(2)21(14-17)16-31-25-5-3-4-24(28(30)32)27(25)23-13-10-20(15-26(23)31)19-8-11-22(29)12-9-19/h3-15H,16H2,1-2H3,(H2,30,32). The van der Waals surface area contributed by atoms with Gasteiger partial charge in [0.2, 0.25) is 5.91 Å². The number of amides is 1. The molecule has 4 aromatic carbocycles. The Morgan fingerprint density at radius 1 is 0.875 bits per heavy atom. The van der Waals surface area contributed by atoms with E-state index in [0.717, 1.165) is 32.9 Å². The summed E-state index contributed by atoms with van der Waals surface area (Å²) >= 11 is 6.09. The topological polar surface area (TPSA) is 48.0 Å². The number of hydrogen-bond acceptors (Lipinski definition) is 1. The average Bonchev–Trinajstić information content (AvgIpc) is 3.09. The predicted octanol–water partition coefficient (Wildman–Crippen LogP) is 6.88. The smallest absolute Gasteiger partial charge is 0.249 e. The second kappa shape index (κ2) is 7.85. The lowest BCUT2D eigenvalue weighted by Gasteiger charge is -2.12. The third-order valence-electron chi connectivity index (χ3n) is 6.17. The third-order valence-corrected chi connectivity index (χ3v) is 6.42. The summed E-state index contributed by atoms with van der Waals surface area (Å²) in [4.78, 5) is 12.2. The molecule has 3 nitrogen and oxygen atoms in total. The Bertz CT molecular complexity index is 1500. The molecule has 0 spiro atoms. The molecular weight excluding hydrogens is 416 g/mol. The number of hydrogen-bond donors (Lipinski definition) is 1. The van der Waals surface area contributed by atoms with Crippen LogP contribution in [0.4, 0.5) is 0 Å². The number of primary amides is 1. The quantitative estimate of drug-likeness (QED) is 0.326. The fourth-order valence-electron chi connectivity index (χ4n) is 4.48. The normalized spacial score (nSPS) is 11.3. The molecule has 0 saturated heterocycles. The van der Waals surface area contributed by atoms with E-state index in [4.69, 9.17) is 17.3 Å². The highest BCUT2D eigenvalue weighted by Gasteiger charge is 2.17. The maximum Gasteiger partial charge on any atom is 0.249 e. The Morgan fingerprint density at radius 3 is 2.38 bits per heavy atom. The minimum absolute atomic E-state index is 0.414. The van der Waals surface area contributed by atoms with E-state index in [0.29, 0.717) is 17.1 Å². The van der Waals surface area contributed by atoms with Crippen molar-refractivity contribution in [2.75, 3.05) is 0 Å². The van der Waals surface area contributed by atoms with Crippen molar-refractivity contribution in [3.05, 3.63) is 106 Å². The van der Waals surface area contributed by atoms with Gasteiger partial charge in [0.15, 0.2) is 0 Å². The Hall–Kier alpha value is -3.56. The summed E-state index contributed by atoms with van der Waals surface area (Å²) in [5, 5.41) is 2.64. The van der Waals surface area contributed by atoms with Gasteiger partial charge < -0.3 is 10.3 Å². The summed E-state index contributed by atoms with van der Waals surface area (Å²) in [6, 6.07) is 26.5. The number of nitrogens with zero attached hydrogens (tertiary/aromatic N) is 1. The molecule has 0 aliphatic heterocycles. The van der Waals surface area contributed by atoms with E-state index in [9.17, 15) is 4.79 Å². The second-order valence-corrected chi connectivity index (χ2v) is 8.76. The van der Waals surface area contributed by atoms with Crippen LogP contribution < -0.4 is 5.73 Å². The van der Waals surface area contributed by atoms with E-state index >= 15 is 0 Å². The molecule has 0 bridgehead atoms. The van der Waals surface area contributed by atoms with Crippen molar-refractivity contribution >= 4 is 39.3 Å². The highest BCUT2D eigenvalue weighted by atomic mass is 35.5. The molecule has 2 N–H and O–H groups in total. The molecule has 1 heterocycles. The van der Waals surface area contributed by atoms with E-state index in [1.54, 1.807) is 6.07 Å². The van der Waals surface area contributed by atoms with Crippen LogP contribution >= 0.6 is 11.6 Å². The highest BCUT2D eigenvalue weighted by molar-refractivity contribution is 6.30. The van der Waals surface area contributed by atoms with Crippen LogP contribution in [0.2, 0.25) is 5.02 Å². The molecule has 1 amide bonds. The van der Waals surface area contributed by atoms with Crippen molar-refractivity contribution in [1.29, 1.82) is 0 Å². The second-order valence-electron chi connectivity index (χ2n) is 8.32. The van der Waals surface area contributed by atoms with E-state index in [-0.39, 0.29) is 0 Å². The zero-order valence-electron chi connectivity index (χ0n) is 18.0. The van der Waals surface area contributed by atoms with E-state index in [1.807, 2.05) is 30.3 Å². The Kier molecular flexibility index (Phi) is 4.99. The summed E-state index contributed by atoms with van der Waals surface area (Å²) < 4.78 is 2.29. The van der Waals surface area contributed by atoms with Gasteiger partial charge in [-0.05, 0) is 66.4 Å². The molecule has 0 aliphatic rings. The van der Waals surface area contributed by atoms with Crippen molar-refractivity contribution < 1.29 is 4.79 Å². The van der Waals surface area contributed by atoms with Crippen LogP contribution in [0.3, 0.4) is 0 Å². The maximum atomic E-state index is 12.2. The van der Waals surface area contributed by atoms with Crippen LogP contribution in [0.15, 0.2) is 78.9 Å². The van der Waals surface area contributed by atoms with Gasteiger partial charge in [0.1, 0.15) is 0 Å². The number of benzene rings is 4. The molecule has 158 valence electrons. The van der Waals surface area contributed by atoms with Crippen LogP contribution in [-0.4, -0.2) is 10.5 Å². The van der Waals surface area contributed by atoms with E-state index in [2.05, 4.69) is 60.9 Å². The molecule has 5 aromatic rings. The van der Waals surface area contributed by atoms with Gasteiger partial charge in [-0.1, -0.05) is 65.7 Å². The summed E-state index contributed by atoms with van der Waals surface area (Å²) in [6.45, 7) is 4.95. The Labute approximate surface area is 192 Å². The molecule has 0 aliphatic carbocycles. The predicted molar refractivity (Wildman–Crippen MR) is 133 cm³/mol. The first-order chi connectivity index (χ1) is 15.4. The third kappa shape index (κ3) is 3.45. The minimum atomic E-state index is -0.414. The first kappa shape index (κ1) is 20.3. The van der Waals surface area contributed by atoms with Crippen LogP contribution in [0, 0.1) is 13.8 Å². The summed E-state index contributed by atoms with van der Waals surface area (Å²) in [6.07, 6.45) is 0. The van der Waals surface area contributed by atoms with E-state index in [1.165, 1.54) is 16.7 Å². The summed E-state index contributed by atoms with van der Waals surface area (Å²) in [5.41, 5.74) is 14.3. The number of halogens is 1. The van der Waals surface area contributed by atoms with Crippen LogP contribution in [0.5, 0.6) is 0 Å². The fraction of sp³-hybridized carbons (Fsp3) is 0.107. The van der Waals surface area contributed by atoms with Gasteiger partial charge >= 0.3 is 0 Å². The van der Waals surface area contributed by atoms with Crippen LogP contribution in [-0.2, 0) is 6.54 Å². The zero-order chi connectivity index (χ0) is 22.4. The summed E-state index contributed by atoms with van der Waals surface area (Å²) in [5.74, 6) is -0.414. The number of carbonyl (C=O) groups is 1. The summed E-state index contributed by atoms with van der Waals surface area (Å²) in [7, 11) is 0. The van der Waals surface area contributed by atoms with Gasteiger partial charge in [-0.25, -0.2) is 0 Å². The molecule has 0 radical (unpaired) electrons. The first-order valence-corrected chi connectivity index (χ1v) is 11.0. The van der Waals surface area contributed by atoms with Gasteiger partial charge in [0.25, 0.3) is 0 Å². The Morgan fingerprint density at radius 2 is 1.62 bits per heavy atom. The largest absolute Gasteiger partial charge is 0.366 e. The highest BCUT2D eigenvalue weighted by Crippen LogP contribution is 2.35. The lowest BCUT2D eigenvalue weighted by Crippen LogP contribution is -2.11. The lowest BCUT2D eigenvalue weighted by molar-refractivity contribution is 0.100. The first-order valence-electron chi connectivity index (χ1n) is 10.6. The maximum absolute atomic E-state index is 12.2. The SMILES string of the molecule is Cc1ccc(C)c(Cn2c3cc(-c4ccc(Cl)cc4)ccc3c3c(C(N)=O)cccc32)c1. The van der Waals surface area contributed by atoms with Crippen molar-refractivity contribution in [2.24, 2.45) is 5.73 Å². The average molecular weight is 439 g/mol. The molecule has 1 aromatic heterocycles. The van der Waals surface area contributed by atoms with Crippen molar-refractivity contribution in [3.8, 4) is 11.1 Å². The van der Waals surface area contributed by atoms with Gasteiger partial charge in [0, 0.05) is 27.9 Å². The van der Waals surface area contributed by atoms with Gasteiger partial charge in [-0.3, -0.25) is 4.79 Å².